The summed E-state index contributed by atoms with van der Waals surface area (Å²) in [6.45, 7) is 5.79. The SMILES string of the molecule is Cc1ccccc1S(=O)(=O)N1CCN(C)C(=O)C1(C)C. The van der Waals surface area contributed by atoms with Gasteiger partial charge in [-0.1, -0.05) is 18.2 Å². The molecule has 1 saturated heterocycles. The number of amides is 1. The van der Waals surface area contributed by atoms with Gasteiger partial charge in [0.1, 0.15) is 5.54 Å². The molecule has 0 atom stereocenters. The van der Waals surface area contributed by atoms with E-state index in [1.54, 1.807) is 57.0 Å². The Bertz CT molecular complexity index is 638. The van der Waals surface area contributed by atoms with Gasteiger partial charge in [0.05, 0.1) is 4.90 Å². The van der Waals surface area contributed by atoms with E-state index in [1.807, 2.05) is 0 Å². The Morgan fingerprint density at radius 1 is 1.15 bits per heavy atom. The first-order chi connectivity index (χ1) is 9.19. The van der Waals surface area contributed by atoms with Gasteiger partial charge in [0.15, 0.2) is 0 Å². The average Bonchev–Trinajstić information content (AvgIpc) is 2.36. The number of benzene rings is 1. The van der Waals surface area contributed by atoms with Crippen molar-refractivity contribution in [3.8, 4) is 0 Å². The van der Waals surface area contributed by atoms with Gasteiger partial charge in [0, 0.05) is 20.1 Å². The van der Waals surface area contributed by atoms with Crippen LogP contribution in [0.4, 0.5) is 0 Å². The maximum atomic E-state index is 12.8. The third-order valence-corrected chi connectivity index (χ3v) is 6.03. The lowest BCUT2D eigenvalue weighted by molar-refractivity contribution is -0.142. The van der Waals surface area contributed by atoms with E-state index in [9.17, 15) is 13.2 Å². The molecular formula is C14H20N2O3S. The number of rotatable bonds is 2. The second-order valence-corrected chi connectivity index (χ2v) is 7.46. The third kappa shape index (κ3) is 2.23. The highest BCUT2D eigenvalue weighted by Gasteiger charge is 2.47. The van der Waals surface area contributed by atoms with E-state index in [4.69, 9.17) is 0 Å². The molecule has 1 fully saturated rings. The fraction of sp³-hybridized carbons (Fsp3) is 0.500. The minimum Gasteiger partial charge on any atom is -0.343 e. The first kappa shape index (κ1) is 15.0. The summed E-state index contributed by atoms with van der Waals surface area (Å²) in [5.41, 5.74) is -0.372. The van der Waals surface area contributed by atoms with Gasteiger partial charge in [-0.15, -0.1) is 0 Å². The lowest BCUT2D eigenvalue weighted by atomic mass is 10.0. The van der Waals surface area contributed by atoms with Crippen molar-refractivity contribution in [3.63, 3.8) is 0 Å². The Hall–Kier alpha value is -1.40. The Labute approximate surface area is 120 Å². The lowest BCUT2D eigenvalue weighted by Gasteiger charge is -2.43. The van der Waals surface area contributed by atoms with Gasteiger partial charge in [-0.05, 0) is 32.4 Å². The molecule has 20 heavy (non-hydrogen) atoms. The molecule has 0 radical (unpaired) electrons. The summed E-state index contributed by atoms with van der Waals surface area (Å²) in [7, 11) is -1.97. The number of nitrogens with zero attached hydrogens (tertiary/aromatic N) is 2. The quantitative estimate of drug-likeness (QED) is 0.825. The molecule has 1 aliphatic rings. The predicted octanol–water partition coefficient (Wildman–Crippen LogP) is 1.24. The maximum absolute atomic E-state index is 12.8. The van der Waals surface area contributed by atoms with E-state index in [0.717, 1.165) is 0 Å². The molecule has 0 aliphatic carbocycles. The highest BCUT2D eigenvalue weighted by molar-refractivity contribution is 7.89. The molecule has 2 rings (SSSR count). The van der Waals surface area contributed by atoms with Gasteiger partial charge in [-0.2, -0.15) is 4.31 Å². The van der Waals surface area contributed by atoms with E-state index in [-0.39, 0.29) is 10.8 Å². The summed E-state index contributed by atoms with van der Waals surface area (Å²) in [6, 6.07) is 6.85. The molecule has 1 aromatic carbocycles. The number of aryl methyl sites for hydroxylation is 1. The van der Waals surface area contributed by atoms with Crippen molar-refractivity contribution >= 4 is 15.9 Å². The predicted molar refractivity (Wildman–Crippen MR) is 76.8 cm³/mol. The Kier molecular flexibility index (Phi) is 3.64. The molecule has 5 nitrogen and oxygen atoms in total. The smallest absolute Gasteiger partial charge is 0.244 e. The van der Waals surface area contributed by atoms with Crippen LogP contribution in [0.3, 0.4) is 0 Å². The Morgan fingerprint density at radius 2 is 1.75 bits per heavy atom. The molecular weight excluding hydrogens is 276 g/mol. The molecule has 0 aromatic heterocycles. The Morgan fingerprint density at radius 3 is 2.35 bits per heavy atom. The average molecular weight is 296 g/mol. The molecule has 1 aliphatic heterocycles. The van der Waals surface area contributed by atoms with E-state index in [2.05, 4.69) is 0 Å². The molecule has 1 amide bonds. The van der Waals surface area contributed by atoms with E-state index >= 15 is 0 Å². The number of piperazine rings is 1. The zero-order valence-corrected chi connectivity index (χ0v) is 13.1. The molecule has 6 heteroatoms. The van der Waals surface area contributed by atoms with Gasteiger partial charge in [-0.3, -0.25) is 4.79 Å². The molecule has 110 valence electrons. The fourth-order valence-electron chi connectivity index (χ4n) is 2.58. The van der Waals surface area contributed by atoms with Crippen molar-refractivity contribution in [2.45, 2.75) is 31.2 Å². The largest absolute Gasteiger partial charge is 0.343 e. The second kappa shape index (κ2) is 4.86. The normalized spacial score (nSPS) is 20.2. The van der Waals surface area contributed by atoms with Crippen molar-refractivity contribution in [1.82, 2.24) is 9.21 Å². The van der Waals surface area contributed by atoms with Crippen molar-refractivity contribution < 1.29 is 13.2 Å². The molecule has 0 N–H and O–H groups in total. The summed E-state index contributed by atoms with van der Waals surface area (Å²) in [5, 5.41) is 0. The summed E-state index contributed by atoms with van der Waals surface area (Å²) in [6.07, 6.45) is 0. The highest BCUT2D eigenvalue weighted by atomic mass is 32.2. The van der Waals surface area contributed by atoms with E-state index in [1.165, 1.54) is 4.31 Å². The van der Waals surface area contributed by atoms with Crippen molar-refractivity contribution in [2.75, 3.05) is 20.1 Å². The van der Waals surface area contributed by atoms with Crippen LogP contribution in [0.2, 0.25) is 0 Å². The molecule has 0 saturated carbocycles. The number of carbonyl (C=O) groups excluding carboxylic acids is 1. The zero-order valence-electron chi connectivity index (χ0n) is 12.3. The van der Waals surface area contributed by atoms with Crippen LogP contribution in [-0.4, -0.2) is 49.2 Å². The topological polar surface area (TPSA) is 57.7 Å². The Balaban J connectivity index is 2.50. The highest BCUT2D eigenvalue weighted by Crippen LogP contribution is 2.30. The zero-order chi connectivity index (χ0) is 15.1. The van der Waals surface area contributed by atoms with E-state index < -0.39 is 15.6 Å². The minimum absolute atomic E-state index is 0.180. The summed E-state index contributed by atoms with van der Waals surface area (Å²) < 4.78 is 27.0. The second-order valence-electron chi connectivity index (χ2n) is 5.63. The lowest BCUT2D eigenvalue weighted by Crippen LogP contribution is -2.63. The van der Waals surface area contributed by atoms with Gasteiger partial charge < -0.3 is 4.90 Å². The number of likely N-dealkylation sites (N-methyl/N-ethyl adjacent to an activating group) is 1. The van der Waals surface area contributed by atoms with Crippen LogP contribution in [0.5, 0.6) is 0 Å². The van der Waals surface area contributed by atoms with Gasteiger partial charge >= 0.3 is 0 Å². The molecule has 0 spiro atoms. The van der Waals surface area contributed by atoms with Crippen molar-refractivity contribution in [1.29, 1.82) is 0 Å². The van der Waals surface area contributed by atoms with Crippen LogP contribution in [0.1, 0.15) is 19.4 Å². The molecule has 0 unspecified atom stereocenters. The van der Waals surface area contributed by atoms with Crippen LogP contribution >= 0.6 is 0 Å². The van der Waals surface area contributed by atoms with Gasteiger partial charge in [0.2, 0.25) is 15.9 Å². The molecule has 1 aromatic rings. The standard InChI is InChI=1S/C14H20N2O3S/c1-11-7-5-6-8-12(11)20(18,19)16-10-9-15(4)13(17)14(16,2)3/h5-8H,9-10H2,1-4H3. The number of hydrogen-bond donors (Lipinski definition) is 0. The minimum atomic E-state index is -3.67. The van der Waals surface area contributed by atoms with Crippen LogP contribution < -0.4 is 0 Å². The van der Waals surface area contributed by atoms with Gasteiger partial charge in [0.25, 0.3) is 0 Å². The van der Waals surface area contributed by atoms with E-state index in [0.29, 0.717) is 18.7 Å². The monoisotopic (exact) mass is 296 g/mol. The summed E-state index contributed by atoms with van der Waals surface area (Å²) in [4.78, 5) is 14.1. The molecule has 0 bridgehead atoms. The molecule has 1 heterocycles. The first-order valence-corrected chi connectivity index (χ1v) is 7.97. The van der Waals surface area contributed by atoms with Crippen molar-refractivity contribution in [2.24, 2.45) is 0 Å². The van der Waals surface area contributed by atoms with Crippen LogP contribution in [0.25, 0.3) is 0 Å². The fourth-order valence-corrected chi connectivity index (χ4v) is 4.54. The van der Waals surface area contributed by atoms with Crippen molar-refractivity contribution in [3.05, 3.63) is 29.8 Å². The number of sulfonamides is 1. The number of hydrogen-bond acceptors (Lipinski definition) is 3. The number of carbonyl (C=O) groups is 1. The third-order valence-electron chi connectivity index (χ3n) is 3.79. The van der Waals surface area contributed by atoms with Crippen LogP contribution in [-0.2, 0) is 14.8 Å². The maximum Gasteiger partial charge on any atom is 0.244 e. The van der Waals surface area contributed by atoms with Gasteiger partial charge in [-0.25, -0.2) is 8.42 Å². The first-order valence-electron chi connectivity index (χ1n) is 6.53. The summed E-state index contributed by atoms with van der Waals surface area (Å²) in [5.74, 6) is -0.180. The van der Waals surface area contributed by atoms with Crippen LogP contribution in [0.15, 0.2) is 29.2 Å². The van der Waals surface area contributed by atoms with Crippen LogP contribution in [0, 0.1) is 6.92 Å². The summed E-state index contributed by atoms with van der Waals surface area (Å²) >= 11 is 0.